The molecule has 0 saturated heterocycles. The summed E-state index contributed by atoms with van der Waals surface area (Å²) in [6, 6.07) is 17.4. The predicted molar refractivity (Wildman–Crippen MR) is 96.4 cm³/mol. The fourth-order valence-corrected chi connectivity index (χ4v) is 4.32. The van der Waals surface area contributed by atoms with Gasteiger partial charge in [0.05, 0.1) is 35.4 Å². The highest BCUT2D eigenvalue weighted by molar-refractivity contribution is 5.94. The van der Waals surface area contributed by atoms with Crippen LogP contribution < -0.4 is 5.32 Å². The highest BCUT2D eigenvalue weighted by atomic mass is 16.1. The van der Waals surface area contributed by atoms with Crippen molar-refractivity contribution >= 4 is 5.91 Å². The molecule has 5 rings (SSSR count). The van der Waals surface area contributed by atoms with Gasteiger partial charge in [-0.05, 0) is 42.7 Å². The van der Waals surface area contributed by atoms with Crippen LogP contribution in [0.5, 0.6) is 0 Å². The Bertz CT molecular complexity index is 1050. The van der Waals surface area contributed by atoms with Crippen molar-refractivity contribution in [3.05, 3.63) is 77.7 Å². The molecule has 26 heavy (non-hydrogen) atoms. The van der Waals surface area contributed by atoms with Crippen LogP contribution in [-0.4, -0.2) is 21.5 Å². The van der Waals surface area contributed by atoms with Gasteiger partial charge in [-0.15, -0.1) is 0 Å². The van der Waals surface area contributed by atoms with Crippen molar-refractivity contribution < 1.29 is 4.79 Å². The average molecular weight is 340 g/mol. The van der Waals surface area contributed by atoms with Crippen molar-refractivity contribution in [2.75, 3.05) is 0 Å². The van der Waals surface area contributed by atoms with Crippen molar-refractivity contribution in [3.8, 4) is 17.3 Å². The maximum absolute atomic E-state index is 12.5. The number of nitrogens with one attached hydrogen (secondary N) is 1. The monoisotopic (exact) mass is 340 g/mol. The molecule has 0 atom stereocenters. The summed E-state index contributed by atoms with van der Waals surface area (Å²) in [5, 5.41) is 12.0. The average Bonchev–Trinajstić information content (AvgIpc) is 3.22. The van der Waals surface area contributed by atoms with Crippen molar-refractivity contribution in [2.45, 2.75) is 24.4 Å². The number of fused-ring (bicyclic) bond motifs is 5. The SMILES string of the molecule is N#Cc1ccc(C(=O)NC2CC3(C2)c2ccccc2-c2cncn23)cc1. The lowest BCUT2D eigenvalue weighted by atomic mass is 9.68. The van der Waals surface area contributed by atoms with Crippen LogP contribution >= 0.6 is 0 Å². The molecule has 0 radical (unpaired) electrons. The Balaban J connectivity index is 1.36. The van der Waals surface area contributed by atoms with Gasteiger partial charge >= 0.3 is 0 Å². The number of nitriles is 1. The number of rotatable bonds is 2. The number of nitrogens with zero attached hydrogens (tertiary/aromatic N) is 3. The van der Waals surface area contributed by atoms with Gasteiger partial charge in [0.25, 0.3) is 5.91 Å². The number of amides is 1. The first-order valence-corrected chi connectivity index (χ1v) is 8.65. The van der Waals surface area contributed by atoms with E-state index in [9.17, 15) is 4.79 Å². The molecule has 2 heterocycles. The zero-order chi connectivity index (χ0) is 17.7. The summed E-state index contributed by atoms with van der Waals surface area (Å²) in [7, 11) is 0. The summed E-state index contributed by atoms with van der Waals surface area (Å²) in [6.45, 7) is 0. The molecule has 1 saturated carbocycles. The zero-order valence-electron chi connectivity index (χ0n) is 14.0. The summed E-state index contributed by atoms with van der Waals surface area (Å²) in [6.07, 6.45) is 5.52. The summed E-state index contributed by atoms with van der Waals surface area (Å²) < 4.78 is 2.25. The fraction of sp³-hybridized carbons (Fsp3) is 0.190. The predicted octanol–water partition coefficient (Wildman–Crippen LogP) is 3.07. The molecular formula is C21H16N4O. The normalized spacial score (nSPS) is 22.2. The molecule has 3 aromatic rings. The molecule has 126 valence electrons. The topological polar surface area (TPSA) is 70.7 Å². The van der Waals surface area contributed by atoms with Gasteiger partial charge in [0, 0.05) is 17.2 Å². The summed E-state index contributed by atoms with van der Waals surface area (Å²) >= 11 is 0. The third-order valence-corrected chi connectivity index (χ3v) is 5.58. The third-order valence-electron chi connectivity index (χ3n) is 5.58. The largest absolute Gasteiger partial charge is 0.349 e. The second-order valence-corrected chi connectivity index (χ2v) is 6.99. The van der Waals surface area contributed by atoms with E-state index in [4.69, 9.17) is 5.26 Å². The molecule has 1 spiro atoms. The van der Waals surface area contributed by atoms with Crippen LogP contribution in [0.3, 0.4) is 0 Å². The first-order chi connectivity index (χ1) is 12.7. The van der Waals surface area contributed by atoms with Crippen LogP contribution in [-0.2, 0) is 5.54 Å². The van der Waals surface area contributed by atoms with E-state index in [-0.39, 0.29) is 17.5 Å². The fourth-order valence-electron chi connectivity index (χ4n) is 4.32. The smallest absolute Gasteiger partial charge is 0.251 e. The summed E-state index contributed by atoms with van der Waals surface area (Å²) in [4.78, 5) is 16.8. The maximum Gasteiger partial charge on any atom is 0.251 e. The van der Waals surface area contributed by atoms with Crippen molar-refractivity contribution in [1.82, 2.24) is 14.9 Å². The molecular weight excluding hydrogens is 324 g/mol. The van der Waals surface area contributed by atoms with E-state index in [1.807, 2.05) is 12.5 Å². The van der Waals surface area contributed by atoms with Gasteiger partial charge in [-0.25, -0.2) is 4.98 Å². The summed E-state index contributed by atoms with van der Waals surface area (Å²) in [5.74, 6) is -0.0912. The van der Waals surface area contributed by atoms with E-state index in [1.54, 1.807) is 24.3 Å². The van der Waals surface area contributed by atoms with Crippen molar-refractivity contribution in [3.63, 3.8) is 0 Å². The minimum Gasteiger partial charge on any atom is -0.349 e. The maximum atomic E-state index is 12.5. The van der Waals surface area contributed by atoms with Gasteiger partial charge in [0.2, 0.25) is 0 Å². The lowest BCUT2D eigenvalue weighted by Gasteiger charge is -2.47. The van der Waals surface area contributed by atoms with Crippen LogP contribution in [0.2, 0.25) is 0 Å². The highest BCUT2D eigenvalue weighted by Crippen LogP contribution is 2.54. The molecule has 1 N–H and O–H groups in total. The van der Waals surface area contributed by atoms with E-state index in [2.05, 4.69) is 45.2 Å². The lowest BCUT2D eigenvalue weighted by Crippen LogP contribution is -2.55. The number of imidazole rings is 1. The molecule has 1 aliphatic heterocycles. The molecule has 0 bridgehead atoms. The Hall–Kier alpha value is -3.39. The molecule has 2 aromatic carbocycles. The van der Waals surface area contributed by atoms with Crippen LogP contribution in [0.15, 0.2) is 61.1 Å². The van der Waals surface area contributed by atoms with Gasteiger partial charge < -0.3 is 9.88 Å². The zero-order valence-corrected chi connectivity index (χ0v) is 14.0. The summed E-state index contributed by atoms with van der Waals surface area (Å²) in [5.41, 5.74) is 4.76. The Kier molecular flexibility index (Phi) is 3.04. The molecule has 5 heteroatoms. The molecule has 1 fully saturated rings. The molecule has 0 unspecified atom stereocenters. The van der Waals surface area contributed by atoms with Gasteiger partial charge in [-0.3, -0.25) is 4.79 Å². The van der Waals surface area contributed by atoms with E-state index in [0.717, 1.165) is 18.5 Å². The first kappa shape index (κ1) is 14.9. The third kappa shape index (κ3) is 1.96. The van der Waals surface area contributed by atoms with Gasteiger partial charge in [-0.2, -0.15) is 5.26 Å². The first-order valence-electron chi connectivity index (χ1n) is 8.65. The quantitative estimate of drug-likeness (QED) is 0.779. The molecule has 2 aliphatic rings. The van der Waals surface area contributed by atoms with Crippen molar-refractivity contribution in [1.29, 1.82) is 5.26 Å². The van der Waals surface area contributed by atoms with Gasteiger partial charge in [0.15, 0.2) is 0 Å². The number of carbonyl (C=O) groups is 1. The van der Waals surface area contributed by atoms with E-state index in [1.165, 1.54) is 11.1 Å². The Morgan fingerprint density at radius 2 is 1.96 bits per heavy atom. The van der Waals surface area contributed by atoms with Gasteiger partial charge in [-0.1, -0.05) is 24.3 Å². The number of hydrogen-bond acceptors (Lipinski definition) is 3. The standard InChI is InChI=1S/C21H16N4O/c22-11-14-5-7-15(8-6-14)20(26)24-16-9-21(10-16)18-4-2-1-3-17(18)19-12-23-13-25(19)21/h1-8,12-13,16H,9-10H2,(H,24,26). The van der Waals surface area contributed by atoms with Crippen LogP contribution in [0.1, 0.15) is 34.3 Å². The number of hydrogen-bond donors (Lipinski definition) is 1. The second-order valence-electron chi connectivity index (χ2n) is 6.99. The van der Waals surface area contributed by atoms with Crippen molar-refractivity contribution in [2.24, 2.45) is 0 Å². The van der Waals surface area contributed by atoms with Crippen LogP contribution in [0, 0.1) is 11.3 Å². The van der Waals surface area contributed by atoms with Gasteiger partial charge in [0.1, 0.15) is 0 Å². The molecule has 1 aliphatic carbocycles. The number of aromatic nitrogens is 2. The second kappa shape index (κ2) is 5.30. The van der Waals surface area contributed by atoms with Crippen LogP contribution in [0.25, 0.3) is 11.3 Å². The van der Waals surface area contributed by atoms with E-state index >= 15 is 0 Å². The highest BCUT2D eigenvalue weighted by Gasteiger charge is 2.52. The molecule has 1 aromatic heterocycles. The molecule has 5 nitrogen and oxygen atoms in total. The Labute approximate surface area is 150 Å². The minimum atomic E-state index is -0.0922. The number of benzene rings is 2. The lowest BCUT2D eigenvalue weighted by molar-refractivity contribution is 0.0836. The number of carbonyl (C=O) groups excluding carboxylic acids is 1. The Morgan fingerprint density at radius 1 is 1.19 bits per heavy atom. The minimum absolute atomic E-state index is 0.0912. The van der Waals surface area contributed by atoms with Crippen LogP contribution in [0.4, 0.5) is 0 Å². The van der Waals surface area contributed by atoms with E-state index < -0.39 is 0 Å². The Morgan fingerprint density at radius 3 is 2.73 bits per heavy atom. The van der Waals surface area contributed by atoms with E-state index in [0.29, 0.717) is 11.1 Å². The molecule has 1 amide bonds.